The first kappa shape index (κ1) is 27.6. The van der Waals surface area contributed by atoms with Crippen molar-refractivity contribution in [3.8, 4) is 0 Å². The molecule has 1 aliphatic rings. The molecule has 1 atom stereocenters. The molecule has 1 saturated carbocycles. The molecule has 0 saturated heterocycles. The van der Waals surface area contributed by atoms with Gasteiger partial charge in [-0.05, 0) is 61.7 Å². The first-order valence-corrected chi connectivity index (χ1v) is 14.2. The smallest absolute Gasteiger partial charge is 0.243 e. The van der Waals surface area contributed by atoms with E-state index >= 15 is 0 Å². The predicted molar refractivity (Wildman–Crippen MR) is 140 cm³/mol. The molecule has 0 heterocycles. The fourth-order valence-corrected chi connectivity index (χ4v) is 5.83. The van der Waals surface area contributed by atoms with Crippen LogP contribution in [-0.2, 0) is 26.2 Å². The molecule has 190 valence electrons. The molecule has 1 N–H and O–H groups in total. The highest BCUT2D eigenvalue weighted by atomic mass is 79.9. The molecular weight excluding hydrogens is 554 g/mol. The predicted octanol–water partition coefficient (Wildman–Crippen LogP) is 4.59. The first-order valence-electron chi connectivity index (χ1n) is 11.6. The number of rotatable bonds is 9. The number of nitrogens with one attached hydrogen (secondary N) is 1. The first-order chi connectivity index (χ1) is 16.6. The largest absolute Gasteiger partial charge is 0.352 e. The minimum atomic E-state index is -3.91. The second kappa shape index (κ2) is 12.3. The van der Waals surface area contributed by atoms with Crippen LogP contribution >= 0.6 is 27.5 Å². The molecule has 0 bridgehead atoms. The summed E-state index contributed by atoms with van der Waals surface area (Å²) in [5, 5.41) is 3.50. The van der Waals surface area contributed by atoms with Crippen LogP contribution in [0.25, 0.3) is 0 Å². The Bertz CT molecular complexity index is 1140. The van der Waals surface area contributed by atoms with E-state index in [1.54, 1.807) is 6.92 Å². The van der Waals surface area contributed by atoms with Crippen LogP contribution in [0.3, 0.4) is 0 Å². The molecule has 0 radical (unpaired) electrons. The zero-order chi connectivity index (χ0) is 25.6. The monoisotopic (exact) mass is 583 g/mol. The van der Waals surface area contributed by atoms with Crippen molar-refractivity contribution in [1.82, 2.24) is 14.5 Å². The van der Waals surface area contributed by atoms with Crippen molar-refractivity contribution < 1.29 is 18.0 Å². The van der Waals surface area contributed by atoms with E-state index in [1.807, 2.05) is 24.3 Å². The third-order valence-corrected chi connectivity index (χ3v) is 8.80. The maximum absolute atomic E-state index is 13.4. The lowest BCUT2D eigenvalue weighted by molar-refractivity contribution is -0.141. The summed E-state index contributed by atoms with van der Waals surface area (Å²) in [6, 6.07) is 12.6. The molecule has 1 unspecified atom stereocenters. The van der Waals surface area contributed by atoms with Crippen LogP contribution in [0.1, 0.15) is 44.6 Å². The van der Waals surface area contributed by atoms with Gasteiger partial charge in [-0.15, -0.1) is 0 Å². The van der Waals surface area contributed by atoms with Crippen molar-refractivity contribution in [3.05, 3.63) is 63.6 Å². The lowest BCUT2D eigenvalue weighted by Gasteiger charge is -2.32. The summed E-state index contributed by atoms with van der Waals surface area (Å²) in [4.78, 5) is 28.0. The minimum Gasteiger partial charge on any atom is -0.352 e. The SMILES string of the molecule is CC(C(=O)NC1CCCCC1)N(Cc1cccc(Br)c1)C(=O)CN(C)S(=O)(=O)c1ccc(Cl)cc1. The molecule has 35 heavy (non-hydrogen) atoms. The highest BCUT2D eigenvalue weighted by Crippen LogP contribution is 2.21. The van der Waals surface area contributed by atoms with E-state index in [1.165, 1.54) is 42.6 Å². The number of amides is 2. The molecule has 7 nitrogen and oxygen atoms in total. The number of benzene rings is 2. The van der Waals surface area contributed by atoms with E-state index in [-0.39, 0.29) is 23.4 Å². The Kier molecular flexibility index (Phi) is 9.75. The van der Waals surface area contributed by atoms with Gasteiger partial charge in [0.1, 0.15) is 6.04 Å². The third-order valence-electron chi connectivity index (χ3n) is 6.24. The molecule has 1 aliphatic carbocycles. The number of likely N-dealkylation sites (N-methyl/N-ethyl adjacent to an activating group) is 1. The quantitative estimate of drug-likeness (QED) is 0.467. The van der Waals surface area contributed by atoms with Crippen molar-refractivity contribution in [1.29, 1.82) is 0 Å². The van der Waals surface area contributed by atoms with E-state index in [2.05, 4.69) is 21.2 Å². The van der Waals surface area contributed by atoms with Gasteiger partial charge in [0.2, 0.25) is 21.8 Å². The van der Waals surface area contributed by atoms with Crippen LogP contribution in [0.4, 0.5) is 0 Å². The standard InChI is InChI=1S/C25H31BrClN3O4S/c1-18(25(32)28-22-9-4-3-5-10-22)30(16-19-7-6-8-20(26)15-19)24(31)17-29(2)35(33,34)23-13-11-21(27)12-14-23/h6-8,11-15,18,22H,3-5,9-10,16-17H2,1-2H3,(H,28,32). The molecule has 0 aliphatic heterocycles. The maximum Gasteiger partial charge on any atom is 0.243 e. The van der Waals surface area contributed by atoms with E-state index < -0.39 is 28.5 Å². The summed E-state index contributed by atoms with van der Waals surface area (Å²) < 4.78 is 27.8. The Hall–Kier alpha value is -1.94. The fraction of sp³-hybridized carbons (Fsp3) is 0.440. The van der Waals surface area contributed by atoms with Gasteiger partial charge in [0.05, 0.1) is 11.4 Å². The van der Waals surface area contributed by atoms with Crippen molar-refractivity contribution in [2.24, 2.45) is 0 Å². The average Bonchev–Trinajstić information content (AvgIpc) is 2.83. The van der Waals surface area contributed by atoms with Gasteiger partial charge >= 0.3 is 0 Å². The topological polar surface area (TPSA) is 86.8 Å². The van der Waals surface area contributed by atoms with Gasteiger partial charge in [-0.25, -0.2) is 8.42 Å². The molecular formula is C25H31BrClN3O4S. The average molecular weight is 585 g/mol. The van der Waals surface area contributed by atoms with E-state index in [4.69, 9.17) is 11.6 Å². The maximum atomic E-state index is 13.4. The van der Waals surface area contributed by atoms with Gasteiger partial charge in [-0.3, -0.25) is 9.59 Å². The van der Waals surface area contributed by atoms with Gasteiger partial charge in [0.25, 0.3) is 0 Å². The Labute approximate surface area is 221 Å². The number of carbonyl (C=O) groups is 2. The van der Waals surface area contributed by atoms with Gasteiger partial charge < -0.3 is 10.2 Å². The number of nitrogens with zero attached hydrogens (tertiary/aromatic N) is 2. The number of carbonyl (C=O) groups excluding carboxylic acids is 2. The summed E-state index contributed by atoms with van der Waals surface area (Å²) in [5.41, 5.74) is 0.827. The minimum absolute atomic E-state index is 0.0406. The molecule has 10 heteroatoms. The van der Waals surface area contributed by atoms with Crippen LogP contribution in [0.2, 0.25) is 5.02 Å². The molecule has 3 rings (SSSR count). The van der Waals surface area contributed by atoms with Gasteiger partial charge in [-0.1, -0.05) is 58.9 Å². The summed E-state index contributed by atoms with van der Waals surface area (Å²) in [5.74, 6) is -0.695. The lowest BCUT2D eigenvalue weighted by Crippen LogP contribution is -2.52. The molecule has 0 aromatic heterocycles. The van der Waals surface area contributed by atoms with Gasteiger partial charge in [0.15, 0.2) is 0 Å². The van der Waals surface area contributed by atoms with Crippen LogP contribution in [0.5, 0.6) is 0 Å². The number of hydrogen-bond donors (Lipinski definition) is 1. The molecule has 2 aromatic carbocycles. The highest BCUT2D eigenvalue weighted by molar-refractivity contribution is 9.10. The summed E-state index contributed by atoms with van der Waals surface area (Å²) >= 11 is 9.32. The van der Waals surface area contributed by atoms with Crippen LogP contribution in [-0.4, -0.2) is 55.1 Å². The number of halogens is 2. The lowest BCUT2D eigenvalue weighted by atomic mass is 9.95. The fourth-order valence-electron chi connectivity index (χ4n) is 4.14. The van der Waals surface area contributed by atoms with Crippen molar-refractivity contribution in [2.45, 2.75) is 62.6 Å². The molecule has 1 fully saturated rings. The molecule has 2 amide bonds. The van der Waals surface area contributed by atoms with E-state index in [0.717, 1.165) is 40.0 Å². The number of sulfonamides is 1. The van der Waals surface area contributed by atoms with Gasteiger partial charge in [-0.2, -0.15) is 4.31 Å². The summed E-state index contributed by atoms with van der Waals surface area (Å²) in [6.07, 6.45) is 5.19. The number of hydrogen-bond acceptors (Lipinski definition) is 4. The van der Waals surface area contributed by atoms with E-state index in [0.29, 0.717) is 5.02 Å². The Morgan fingerprint density at radius 2 is 1.77 bits per heavy atom. The Balaban J connectivity index is 1.79. The summed E-state index contributed by atoms with van der Waals surface area (Å²) in [7, 11) is -2.56. The Morgan fingerprint density at radius 1 is 1.11 bits per heavy atom. The van der Waals surface area contributed by atoms with Crippen molar-refractivity contribution >= 4 is 49.4 Å². The normalized spacial score (nSPS) is 15.6. The second-order valence-electron chi connectivity index (χ2n) is 8.89. The third kappa shape index (κ3) is 7.52. The molecule has 2 aromatic rings. The zero-order valence-corrected chi connectivity index (χ0v) is 23.1. The second-order valence-corrected chi connectivity index (χ2v) is 12.3. The molecule has 0 spiro atoms. The highest BCUT2D eigenvalue weighted by Gasteiger charge is 2.31. The van der Waals surface area contributed by atoms with E-state index in [9.17, 15) is 18.0 Å². The van der Waals surface area contributed by atoms with Crippen LogP contribution < -0.4 is 5.32 Å². The Morgan fingerprint density at radius 3 is 2.40 bits per heavy atom. The van der Waals surface area contributed by atoms with Crippen molar-refractivity contribution in [3.63, 3.8) is 0 Å². The zero-order valence-electron chi connectivity index (χ0n) is 19.9. The van der Waals surface area contributed by atoms with Crippen LogP contribution in [0.15, 0.2) is 57.9 Å². The van der Waals surface area contributed by atoms with Gasteiger partial charge in [0, 0.05) is 29.1 Å². The van der Waals surface area contributed by atoms with Crippen LogP contribution in [0, 0.1) is 0 Å². The summed E-state index contributed by atoms with van der Waals surface area (Å²) in [6.45, 7) is 1.45. The van der Waals surface area contributed by atoms with Crippen molar-refractivity contribution in [2.75, 3.05) is 13.6 Å².